The average molecular weight is 376 g/mol. The number of thioether (sulfide) groups is 1. The van der Waals surface area contributed by atoms with Crippen molar-refractivity contribution in [3.63, 3.8) is 0 Å². The molecule has 5 nitrogen and oxygen atoms in total. The Morgan fingerprint density at radius 1 is 1.39 bits per heavy atom. The van der Waals surface area contributed by atoms with Crippen molar-refractivity contribution in [2.75, 3.05) is 5.75 Å². The Labute approximate surface area is 149 Å². The summed E-state index contributed by atoms with van der Waals surface area (Å²) in [5.74, 6) is -0.771. The summed E-state index contributed by atoms with van der Waals surface area (Å²) in [6.07, 6.45) is 0. The number of rotatable bonds is 7. The standard InChI is InChI=1S/C15H18ClNO4S2/c1-9(18)17-12(13(19)20)8-23-14(22)15(2,3)21-11-6-4-10(16)5-7-11/h4-7,12H,8H2,1-3H3,(H,17,18)(H,19,20)/t12-/m0/s1. The fourth-order valence-electron chi connectivity index (χ4n) is 1.59. The molecule has 1 aromatic rings. The Balaban J connectivity index is 2.65. The van der Waals surface area contributed by atoms with Gasteiger partial charge in [-0.3, -0.25) is 4.79 Å². The molecule has 0 bridgehead atoms. The van der Waals surface area contributed by atoms with Gasteiger partial charge < -0.3 is 15.2 Å². The fourth-order valence-corrected chi connectivity index (χ4v) is 2.90. The molecule has 0 aliphatic carbocycles. The number of hydrogen-bond donors (Lipinski definition) is 2. The minimum Gasteiger partial charge on any atom is -0.482 e. The van der Waals surface area contributed by atoms with Crippen molar-refractivity contribution in [2.24, 2.45) is 0 Å². The van der Waals surface area contributed by atoms with Gasteiger partial charge in [-0.1, -0.05) is 23.8 Å². The third kappa shape index (κ3) is 6.76. The predicted octanol–water partition coefficient (Wildman–Crippen LogP) is 3.15. The molecule has 0 spiro atoms. The van der Waals surface area contributed by atoms with Crippen LogP contribution in [0, 0.1) is 0 Å². The maximum Gasteiger partial charge on any atom is 0.327 e. The number of benzene rings is 1. The van der Waals surface area contributed by atoms with Crippen molar-refractivity contribution in [1.82, 2.24) is 5.32 Å². The highest BCUT2D eigenvalue weighted by Gasteiger charge is 2.28. The van der Waals surface area contributed by atoms with Crippen molar-refractivity contribution >= 4 is 51.7 Å². The van der Waals surface area contributed by atoms with Crippen LogP contribution in [0.15, 0.2) is 24.3 Å². The van der Waals surface area contributed by atoms with Crippen molar-refractivity contribution < 1.29 is 19.4 Å². The normalized spacial score (nSPS) is 12.3. The quantitative estimate of drug-likeness (QED) is 0.713. The highest BCUT2D eigenvalue weighted by atomic mass is 35.5. The van der Waals surface area contributed by atoms with Crippen LogP contribution < -0.4 is 10.1 Å². The molecule has 0 fully saturated rings. The molecule has 8 heteroatoms. The highest BCUT2D eigenvalue weighted by molar-refractivity contribution is 8.23. The topological polar surface area (TPSA) is 75.6 Å². The van der Waals surface area contributed by atoms with Crippen molar-refractivity contribution in [3.8, 4) is 5.75 Å². The van der Waals surface area contributed by atoms with E-state index in [4.69, 9.17) is 33.7 Å². The lowest BCUT2D eigenvalue weighted by Gasteiger charge is -2.27. The van der Waals surface area contributed by atoms with E-state index in [1.807, 2.05) is 0 Å². The average Bonchev–Trinajstić information content (AvgIpc) is 2.44. The van der Waals surface area contributed by atoms with Crippen LogP contribution in [-0.2, 0) is 9.59 Å². The number of amides is 1. The summed E-state index contributed by atoms with van der Waals surface area (Å²) in [6, 6.07) is 5.88. The van der Waals surface area contributed by atoms with Gasteiger partial charge in [-0.05, 0) is 38.1 Å². The van der Waals surface area contributed by atoms with Gasteiger partial charge in [-0.15, -0.1) is 11.8 Å². The van der Waals surface area contributed by atoms with Crippen LogP contribution in [0.5, 0.6) is 5.75 Å². The maximum absolute atomic E-state index is 11.1. The zero-order valence-electron chi connectivity index (χ0n) is 13.0. The number of nitrogens with one attached hydrogen (secondary N) is 1. The minimum atomic E-state index is -1.10. The molecule has 1 atom stereocenters. The molecule has 1 amide bonds. The first-order valence-corrected chi connectivity index (χ1v) is 8.50. The van der Waals surface area contributed by atoms with Crippen molar-refractivity contribution in [3.05, 3.63) is 29.3 Å². The molecule has 0 aromatic heterocycles. The van der Waals surface area contributed by atoms with Crippen LogP contribution in [0.1, 0.15) is 20.8 Å². The molecule has 126 valence electrons. The van der Waals surface area contributed by atoms with Gasteiger partial charge >= 0.3 is 5.97 Å². The lowest BCUT2D eigenvalue weighted by atomic mass is 10.2. The monoisotopic (exact) mass is 375 g/mol. The second-order valence-electron chi connectivity index (χ2n) is 5.26. The summed E-state index contributed by atoms with van der Waals surface area (Å²) < 4.78 is 6.33. The Morgan fingerprint density at radius 3 is 2.43 bits per heavy atom. The van der Waals surface area contributed by atoms with E-state index in [1.54, 1.807) is 38.1 Å². The first-order valence-electron chi connectivity index (χ1n) is 6.73. The molecule has 0 radical (unpaired) electrons. The number of carboxylic acids is 1. The summed E-state index contributed by atoms with van der Waals surface area (Å²) in [4.78, 5) is 22.1. The van der Waals surface area contributed by atoms with Crippen LogP contribution in [-0.4, -0.2) is 38.6 Å². The largest absolute Gasteiger partial charge is 0.482 e. The number of carbonyl (C=O) groups is 2. The molecule has 0 aliphatic rings. The molecule has 0 heterocycles. The van der Waals surface area contributed by atoms with E-state index in [-0.39, 0.29) is 5.75 Å². The molecular formula is C15H18ClNO4S2. The summed E-state index contributed by atoms with van der Waals surface area (Å²) in [5, 5.41) is 12.1. The Hall–Kier alpha value is -1.31. The SMILES string of the molecule is CC(=O)N[C@@H](CSC(=S)C(C)(C)Oc1ccc(Cl)cc1)C(=O)O. The van der Waals surface area contributed by atoms with Crippen LogP contribution in [0.25, 0.3) is 0 Å². The molecule has 0 unspecified atom stereocenters. The van der Waals surface area contributed by atoms with Crippen LogP contribution in [0.4, 0.5) is 0 Å². The van der Waals surface area contributed by atoms with E-state index in [2.05, 4.69) is 5.32 Å². The molecule has 1 rings (SSSR count). The van der Waals surface area contributed by atoms with E-state index < -0.39 is 23.5 Å². The number of carboxylic acid groups (broad SMARTS) is 1. The first-order chi connectivity index (χ1) is 10.6. The molecule has 1 aromatic carbocycles. The van der Waals surface area contributed by atoms with Gasteiger partial charge in [0.2, 0.25) is 5.91 Å². The second-order valence-corrected chi connectivity index (χ2v) is 7.39. The number of ether oxygens (including phenoxy) is 1. The van der Waals surface area contributed by atoms with Crippen molar-refractivity contribution in [1.29, 1.82) is 0 Å². The number of hydrogen-bond acceptors (Lipinski definition) is 5. The van der Waals surface area contributed by atoms with Gasteiger partial charge in [0.05, 0.1) is 4.20 Å². The minimum absolute atomic E-state index is 0.126. The van der Waals surface area contributed by atoms with Crippen molar-refractivity contribution in [2.45, 2.75) is 32.4 Å². The van der Waals surface area contributed by atoms with Crippen LogP contribution in [0.3, 0.4) is 0 Å². The molecular weight excluding hydrogens is 358 g/mol. The summed E-state index contributed by atoms with van der Waals surface area (Å²) in [6.45, 7) is 4.86. The number of halogens is 1. The zero-order chi connectivity index (χ0) is 17.6. The van der Waals surface area contributed by atoms with E-state index in [0.717, 1.165) is 0 Å². The van der Waals surface area contributed by atoms with Gasteiger partial charge in [0.25, 0.3) is 0 Å². The second kappa shape index (κ2) is 8.52. The van der Waals surface area contributed by atoms with Gasteiger partial charge in [-0.2, -0.15) is 0 Å². The summed E-state index contributed by atoms with van der Waals surface area (Å²) >= 11 is 12.3. The molecule has 0 saturated heterocycles. The number of carbonyl (C=O) groups excluding carboxylic acids is 1. The maximum atomic E-state index is 11.1. The van der Waals surface area contributed by atoms with E-state index in [1.165, 1.54) is 18.7 Å². The smallest absolute Gasteiger partial charge is 0.327 e. The van der Waals surface area contributed by atoms with Crippen LogP contribution >= 0.6 is 35.6 Å². The lowest BCUT2D eigenvalue weighted by molar-refractivity contribution is -0.140. The zero-order valence-corrected chi connectivity index (χ0v) is 15.3. The summed E-state index contributed by atoms with van der Waals surface area (Å²) in [7, 11) is 0. The Bertz CT molecular complexity index is 590. The molecule has 23 heavy (non-hydrogen) atoms. The third-order valence-electron chi connectivity index (χ3n) is 2.73. The van der Waals surface area contributed by atoms with Gasteiger partial charge in [-0.25, -0.2) is 4.79 Å². The lowest BCUT2D eigenvalue weighted by Crippen LogP contribution is -2.43. The van der Waals surface area contributed by atoms with Gasteiger partial charge in [0.15, 0.2) is 0 Å². The predicted molar refractivity (Wildman–Crippen MR) is 96.5 cm³/mol. The fraction of sp³-hybridized carbons (Fsp3) is 0.400. The third-order valence-corrected chi connectivity index (χ3v) is 5.09. The van der Waals surface area contributed by atoms with E-state index in [0.29, 0.717) is 15.0 Å². The Kier molecular flexibility index (Phi) is 7.31. The van der Waals surface area contributed by atoms with E-state index in [9.17, 15) is 9.59 Å². The number of aliphatic carboxylic acids is 1. The van der Waals surface area contributed by atoms with Gasteiger partial charge in [0, 0.05) is 17.7 Å². The Morgan fingerprint density at radius 2 is 1.96 bits per heavy atom. The van der Waals surface area contributed by atoms with Gasteiger partial charge in [0.1, 0.15) is 17.4 Å². The molecule has 2 N–H and O–H groups in total. The molecule has 0 saturated carbocycles. The van der Waals surface area contributed by atoms with E-state index >= 15 is 0 Å². The first kappa shape index (κ1) is 19.7. The van der Waals surface area contributed by atoms with Crippen LogP contribution in [0.2, 0.25) is 5.02 Å². The number of thiocarbonyl (C=S) groups is 1. The molecule has 0 aliphatic heterocycles. The summed E-state index contributed by atoms with van der Waals surface area (Å²) in [5.41, 5.74) is -0.785. The highest BCUT2D eigenvalue weighted by Crippen LogP contribution is 2.26.